The Hall–Kier alpha value is -1.78. The summed E-state index contributed by atoms with van der Waals surface area (Å²) in [5, 5.41) is 0. The lowest BCUT2D eigenvalue weighted by atomic mass is 10.2. The number of benzene rings is 1. The summed E-state index contributed by atoms with van der Waals surface area (Å²) < 4.78 is 18.8. The summed E-state index contributed by atoms with van der Waals surface area (Å²) in [6.07, 6.45) is 0. The Morgan fingerprint density at radius 1 is 1.32 bits per heavy atom. The van der Waals surface area contributed by atoms with Gasteiger partial charge in [0, 0.05) is 13.1 Å². The van der Waals surface area contributed by atoms with Crippen LogP contribution in [0.5, 0.6) is 5.75 Å². The van der Waals surface area contributed by atoms with Crippen LogP contribution in [-0.2, 0) is 6.54 Å². The topological polar surface area (TPSA) is 50.9 Å². The fraction of sp³-hybridized carbons (Fsp3) is 0.500. The fourth-order valence-corrected chi connectivity index (χ4v) is 1.74. The molecule has 0 aliphatic rings. The second kappa shape index (κ2) is 7.61. The first kappa shape index (κ1) is 15.3. The molecule has 0 aliphatic carbocycles. The van der Waals surface area contributed by atoms with Crippen LogP contribution < -0.4 is 10.5 Å². The van der Waals surface area contributed by atoms with E-state index in [4.69, 9.17) is 10.5 Å². The van der Waals surface area contributed by atoms with Gasteiger partial charge in [-0.2, -0.15) is 0 Å². The minimum atomic E-state index is -0.365. The van der Waals surface area contributed by atoms with Crippen LogP contribution in [-0.4, -0.2) is 30.6 Å². The lowest BCUT2D eigenvalue weighted by molar-refractivity contribution is 0.321. The average Bonchev–Trinajstić information content (AvgIpc) is 2.41. The molecule has 0 unspecified atom stereocenters. The van der Waals surface area contributed by atoms with Crippen molar-refractivity contribution in [1.82, 2.24) is 4.90 Å². The molecule has 0 radical (unpaired) electrons. The molecule has 0 aliphatic heterocycles. The van der Waals surface area contributed by atoms with E-state index in [1.54, 1.807) is 12.1 Å². The van der Waals surface area contributed by atoms with Gasteiger partial charge in [0.2, 0.25) is 0 Å². The van der Waals surface area contributed by atoms with Gasteiger partial charge in [0.15, 0.2) is 17.5 Å². The Bertz CT molecular complexity index is 431. The van der Waals surface area contributed by atoms with E-state index in [9.17, 15) is 4.39 Å². The Morgan fingerprint density at radius 2 is 2.00 bits per heavy atom. The molecule has 1 aromatic rings. The zero-order valence-corrected chi connectivity index (χ0v) is 11.8. The van der Waals surface area contributed by atoms with Crippen LogP contribution in [0.4, 0.5) is 4.39 Å². The molecule has 0 fully saturated rings. The van der Waals surface area contributed by atoms with Gasteiger partial charge in [-0.05, 0) is 38.5 Å². The number of rotatable bonds is 6. The number of hydrogen-bond acceptors (Lipinski definition) is 2. The van der Waals surface area contributed by atoms with Gasteiger partial charge in [0.25, 0.3) is 0 Å². The fourth-order valence-electron chi connectivity index (χ4n) is 1.74. The van der Waals surface area contributed by atoms with Crippen molar-refractivity contribution in [2.75, 3.05) is 19.7 Å². The van der Waals surface area contributed by atoms with E-state index in [2.05, 4.69) is 4.99 Å². The lowest BCUT2D eigenvalue weighted by Crippen LogP contribution is -2.37. The maximum atomic E-state index is 13.6. The van der Waals surface area contributed by atoms with E-state index in [1.807, 2.05) is 25.7 Å². The molecule has 0 saturated carbocycles. The Balaban J connectivity index is 2.72. The van der Waals surface area contributed by atoms with E-state index in [1.165, 1.54) is 6.07 Å². The van der Waals surface area contributed by atoms with Crippen molar-refractivity contribution >= 4 is 5.96 Å². The number of ether oxygens (including phenoxy) is 1. The third kappa shape index (κ3) is 4.43. The van der Waals surface area contributed by atoms with Crippen molar-refractivity contribution in [3.63, 3.8) is 0 Å². The second-order valence-corrected chi connectivity index (χ2v) is 4.04. The zero-order chi connectivity index (χ0) is 14.3. The normalized spacial score (nSPS) is 11.5. The molecule has 19 heavy (non-hydrogen) atoms. The molecular formula is C14H22FN3O. The van der Waals surface area contributed by atoms with Crippen LogP contribution in [0.25, 0.3) is 0 Å². The molecule has 106 valence electrons. The summed E-state index contributed by atoms with van der Waals surface area (Å²) in [5.74, 6) is 0.391. The van der Waals surface area contributed by atoms with E-state index < -0.39 is 0 Å². The molecular weight excluding hydrogens is 245 g/mol. The predicted octanol–water partition coefficient (Wildman–Crippen LogP) is 2.38. The molecule has 1 aromatic carbocycles. The maximum absolute atomic E-state index is 13.6. The Labute approximate surface area is 114 Å². The third-order valence-electron chi connectivity index (χ3n) is 2.81. The number of hydrogen-bond donors (Lipinski definition) is 1. The molecule has 0 amide bonds. The standard InChI is InChI=1S/C14H22FN3O/c1-4-18(5-2)14(16)17-10-11-7-8-13(19-6-3)12(15)9-11/h7-9H,4-6,10H2,1-3H3,(H2,16,17). The van der Waals surface area contributed by atoms with Gasteiger partial charge in [-0.25, -0.2) is 9.38 Å². The van der Waals surface area contributed by atoms with Crippen LogP contribution in [0.15, 0.2) is 23.2 Å². The average molecular weight is 267 g/mol. The number of halogens is 1. The zero-order valence-electron chi connectivity index (χ0n) is 11.8. The van der Waals surface area contributed by atoms with E-state index in [0.717, 1.165) is 18.7 Å². The van der Waals surface area contributed by atoms with Crippen LogP contribution in [0.2, 0.25) is 0 Å². The Morgan fingerprint density at radius 3 is 2.53 bits per heavy atom. The monoisotopic (exact) mass is 267 g/mol. The van der Waals surface area contributed by atoms with Crippen molar-refractivity contribution in [3.8, 4) is 5.75 Å². The molecule has 4 nitrogen and oxygen atoms in total. The second-order valence-electron chi connectivity index (χ2n) is 4.04. The molecule has 5 heteroatoms. The molecule has 0 aromatic heterocycles. The van der Waals surface area contributed by atoms with E-state index >= 15 is 0 Å². The summed E-state index contributed by atoms with van der Waals surface area (Å²) in [4.78, 5) is 6.22. The van der Waals surface area contributed by atoms with Gasteiger partial charge in [-0.3, -0.25) is 0 Å². The van der Waals surface area contributed by atoms with Gasteiger partial charge in [-0.1, -0.05) is 6.07 Å². The van der Waals surface area contributed by atoms with Crippen molar-refractivity contribution in [2.24, 2.45) is 10.7 Å². The number of guanidine groups is 1. The van der Waals surface area contributed by atoms with Crippen molar-refractivity contribution in [1.29, 1.82) is 0 Å². The van der Waals surface area contributed by atoms with Gasteiger partial charge in [0.1, 0.15) is 0 Å². The predicted molar refractivity (Wildman–Crippen MR) is 75.8 cm³/mol. The number of aliphatic imine (C=N–C) groups is 1. The highest BCUT2D eigenvalue weighted by Gasteiger charge is 2.05. The van der Waals surface area contributed by atoms with Crippen molar-refractivity contribution < 1.29 is 9.13 Å². The smallest absolute Gasteiger partial charge is 0.191 e. The van der Waals surface area contributed by atoms with Gasteiger partial charge >= 0.3 is 0 Å². The van der Waals surface area contributed by atoms with Crippen LogP contribution in [0.3, 0.4) is 0 Å². The summed E-state index contributed by atoms with van der Waals surface area (Å²) >= 11 is 0. The van der Waals surface area contributed by atoms with Gasteiger partial charge in [0.05, 0.1) is 13.2 Å². The lowest BCUT2D eigenvalue weighted by Gasteiger charge is -2.19. The van der Waals surface area contributed by atoms with Crippen LogP contribution in [0, 0.1) is 5.82 Å². The minimum absolute atomic E-state index is 0.270. The van der Waals surface area contributed by atoms with Crippen LogP contribution in [0.1, 0.15) is 26.3 Å². The summed E-state index contributed by atoms with van der Waals surface area (Å²) in [5.41, 5.74) is 6.63. The molecule has 0 bridgehead atoms. The molecule has 2 N–H and O–H groups in total. The first-order chi connectivity index (χ1) is 9.12. The largest absolute Gasteiger partial charge is 0.491 e. The summed E-state index contributed by atoms with van der Waals surface area (Å²) in [6, 6.07) is 4.86. The first-order valence-corrected chi connectivity index (χ1v) is 6.58. The highest BCUT2D eigenvalue weighted by atomic mass is 19.1. The van der Waals surface area contributed by atoms with Gasteiger partial charge < -0.3 is 15.4 Å². The van der Waals surface area contributed by atoms with Crippen molar-refractivity contribution in [2.45, 2.75) is 27.3 Å². The first-order valence-electron chi connectivity index (χ1n) is 6.58. The van der Waals surface area contributed by atoms with Crippen molar-refractivity contribution in [3.05, 3.63) is 29.6 Å². The number of nitrogens with two attached hydrogens (primary N) is 1. The summed E-state index contributed by atoms with van der Waals surface area (Å²) in [7, 11) is 0. The quantitative estimate of drug-likeness (QED) is 0.636. The molecule has 0 heterocycles. The Kier molecular flexibility index (Phi) is 6.12. The van der Waals surface area contributed by atoms with E-state index in [0.29, 0.717) is 19.1 Å². The molecule has 0 saturated heterocycles. The van der Waals surface area contributed by atoms with Gasteiger partial charge in [-0.15, -0.1) is 0 Å². The molecule has 1 rings (SSSR count). The minimum Gasteiger partial charge on any atom is -0.491 e. The van der Waals surface area contributed by atoms with E-state index in [-0.39, 0.29) is 11.6 Å². The highest BCUT2D eigenvalue weighted by Crippen LogP contribution is 2.18. The molecule has 0 spiro atoms. The SMILES string of the molecule is CCOc1ccc(CN=C(N)N(CC)CC)cc1F. The summed E-state index contributed by atoms with van der Waals surface area (Å²) in [6.45, 7) is 8.29. The third-order valence-corrected chi connectivity index (χ3v) is 2.81. The van der Waals surface area contributed by atoms with Crippen LogP contribution >= 0.6 is 0 Å². The maximum Gasteiger partial charge on any atom is 0.191 e. The number of nitrogens with zero attached hydrogens (tertiary/aromatic N) is 2. The highest BCUT2D eigenvalue weighted by molar-refractivity contribution is 5.78. The molecule has 0 atom stereocenters.